The lowest BCUT2D eigenvalue weighted by atomic mass is 10.2. The van der Waals surface area contributed by atoms with Gasteiger partial charge in [0, 0.05) is 11.1 Å². The van der Waals surface area contributed by atoms with Crippen molar-refractivity contribution in [2.75, 3.05) is 5.32 Å². The normalized spacial score (nSPS) is 10.5. The van der Waals surface area contributed by atoms with Gasteiger partial charge in [0.05, 0.1) is 5.69 Å². The van der Waals surface area contributed by atoms with Crippen molar-refractivity contribution >= 4 is 22.3 Å². The molecule has 0 spiro atoms. The zero-order chi connectivity index (χ0) is 10.8. The third-order valence-corrected chi connectivity index (χ3v) is 2.53. The van der Waals surface area contributed by atoms with Crippen LogP contribution in [0, 0.1) is 0 Å². The standard InChI is InChI=1S/C14H11NO/c1-2-6-11(7-3-1)15-13-10-16-14-9-5-4-8-12(13)14/h1-10,15H. The highest BCUT2D eigenvalue weighted by Gasteiger charge is 2.04. The van der Waals surface area contributed by atoms with Crippen LogP contribution in [0.4, 0.5) is 11.4 Å². The second-order valence-electron chi connectivity index (χ2n) is 3.64. The summed E-state index contributed by atoms with van der Waals surface area (Å²) < 4.78 is 5.46. The van der Waals surface area contributed by atoms with Crippen LogP contribution in [-0.2, 0) is 0 Å². The Balaban J connectivity index is 2.01. The molecule has 2 aromatic carbocycles. The van der Waals surface area contributed by atoms with Crippen LogP contribution in [0.15, 0.2) is 65.3 Å². The van der Waals surface area contributed by atoms with E-state index in [2.05, 4.69) is 5.32 Å². The summed E-state index contributed by atoms with van der Waals surface area (Å²) in [5, 5.41) is 4.44. The topological polar surface area (TPSA) is 25.2 Å². The Morgan fingerprint density at radius 3 is 2.44 bits per heavy atom. The Hall–Kier alpha value is -2.22. The van der Waals surface area contributed by atoms with Gasteiger partial charge in [0.2, 0.25) is 0 Å². The lowest BCUT2D eigenvalue weighted by Gasteiger charge is -2.02. The molecule has 0 unspecified atom stereocenters. The Morgan fingerprint density at radius 1 is 0.812 bits per heavy atom. The maximum Gasteiger partial charge on any atom is 0.136 e. The summed E-state index contributed by atoms with van der Waals surface area (Å²) in [5.41, 5.74) is 2.97. The first-order valence-electron chi connectivity index (χ1n) is 5.22. The maximum absolute atomic E-state index is 5.46. The highest BCUT2D eigenvalue weighted by atomic mass is 16.3. The fourth-order valence-electron chi connectivity index (χ4n) is 1.75. The molecule has 78 valence electrons. The second-order valence-corrected chi connectivity index (χ2v) is 3.64. The highest BCUT2D eigenvalue weighted by Crippen LogP contribution is 2.27. The first-order valence-corrected chi connectivity index (χ1v) is 5.22. The molecule has 0 aliphatic heterocycles. The van der Waals surface area contributed by atoms with E-state index < -0.39 is 0 Å². The molecule has 3 rings (SSSR count). The molecule has 1 aromatic heterocycles. The van der Waals surface area contributed by atoms with E-state index >= 15 is 0 Å². The summed E-state index contributed by atoms with van der Waals surface area (Å²) in [5.74, 6) is 0. The van der Waals surface area contributed by atoms with Gasteiger partial charge in [-0.2, -0.15) is 0 Å². The van der Waals surface area contributed by atoms with Gasteiger partial charge < -0.3 is 9.73 Å². The molecular formula is C14H11NO. The van der Waals surface area contributed by atoms with E-state index in [1.807, 2.05) is 54.6 Å². The second kappa shape index (κ2) is 3.74. The number of nitrogens with one attached hydrogen (secondary N) is 1. The molecule has 0 saturated heterocycles. The van der Waals surface area contributed by atoms with Crippen molar-refractivity contribution in [2.45, 2.75) is 0 Å². The van der Waals surface area contributed by atoms with E-state index in [4.69, 9.17) is 4.42 Å². The van der Waals surface area contributed by atoms with E-state index in [9.17, 15) is 0 Å². The number of para-hydroxylation sites is 2. The van der Waals surface area contributed by atoms with Crippen LogP contribution < -0.4 is 5.32 Å². The third kappa shape index (κ3) is 1.54. The maximum atomic E-state index is 5.46. The van der Waals surface area contributed by atoms with Crippen LogP contribution in [0.1, 0.15) is 0 Å². The van der Waals surface area contributed by atoms with Gasteiger partial charge in [-0.1, -0.05) is 30.3 Å². The first-order chi connectivity index (χ1) is 7.93. The molecular weight excluding hydrogens is 198 g/mol. The number of benzene rings is 2. The number of rotatable bonds is 2. The number of hydrogen-bond donors (Lipinski definition) is 1. The van der Waals surface area contributed by atoms with Crippen molar-refractivity contribution in [1.29, 1.82) is 0 Å². The quantitative estimate of drug-likeness (QED) is 0.685. The fraction of sp³-hybridized carbons (Fsp3) is 0. The molecule has 2 heteroatoms. The number of anilines is 2. The number of hydrogen-bond acceptors (Lipinski definition) is 2. The SMILES string of the molecule is c1ccc(Nc2coc3ccccc23)cc1. The number of fused-ring (bicyclic) bond motifs is 1. The Labute approximate surface area is 93.5 Å². The van der Waals surface area contributed by atoms with Crippen LogP contribution in [0.25, 0.3) is 11.0 Å². The summed E-state index contributed by atoms with van der Waals surface area (Å²) in [7, 11) is 0. The van der Waals surface area contributed by atoms with E-state index in [0.717, 1.165) is 22.3 Å². The van der Waals surface area contributed by atoms with Crippen LogP contribution in [0.5, 0.6) is 0 Å². The molecule has 16 heavy (non-hydrogen) atoms. The molecule has 0 amide bonds. The van der Waals surface area contributed by atoms with Gasteiger partial charge in [0.25, 0.3) is 0 Å². The minimum Gasteiger partial charge on any atom is -0.462 e. The molecule has 0 radical (unpaired) electrons. The van der Waals surface area contributed by atoms with Crippen molar-refractivity contribution in [3.8, 4) is 0 Å². The van der Waals surface area contributed by atoms with E-state index in [-0.39, 0.29) is 0 Å². The van der Waals surface area contributed by atoms with Gasteiger partial charge in [0.1, 0.15) is 11.8 Å². The minimum atomic E-state index is 0.904. The van der Waals surface area contributed by atoms with Gasteiger partial charge in [0.15, 0.2) is 0 Å². The van der Waals surface area contributed by atoms with Crippen molar-refractivity contribution in [1.82, 2.24) is 0 Å². The summed E-state index contributed by atoms with van der Waals surface area (Å²) in [6, 6.07) is 18.1. The Kier molecular flexibility index (Phi) is 2.11. The Morgan fingerprint density at radius 2 is 1.56 bits per heavy atom. The van der Waals surface area contributed by atoms with Crippen LogP contribution in [0.2, 0.25) is 0 Å². The van der Waals surface area contributed by atoms with Gasteiger partial charge in [-0.15, -0.1) is 0 Å². The highest BCUT2D eigenvalue weighted by molar-refractivity contribution is 5.92. The van der Waals surface area contributed by atoms with Gasteiger partial charge in [-0.25, -0.2) is 0 Å². The van der Waals surface area contributed by atoms with E-state index in [1.165, 1.54) is 0 Å². The molecule has 0 aliphatic rings. The monoisotopic (exact) mass is 209 g/mol. The van der Waals surface area contributed by atoms with E-state index in [0.29, 0.717) is 0 Å². The molecule has 0 bridgehead atoms. The van der Waals surface area contributed by atoms with Crippen molar-refractivity contribution in [2.24, 2.45) is 0 Å². The largest absolute Gasteiger partial charge is 0.462 e. The number of furan rings is 1. The molecule has 0 fully saturated rings. The van der Waals surface area contributed by atoms with Crippen molar-refractivity contribution in [3.05, 3.63) is 60.9 Å². The molecule has 0 aliphatic carbocycles. The summed E-state index contributed by atoms with van der Waals surface area (Å²) in [4.78, 5) is 0. The zero-order valence-electron chi connectivity index (χ0n) is 8.68. The van der Waals surface area contributed by atoms with E-state index in [1.54, 1.807) is 6.26 Å². The predicted molar refractivity (Wildman–Crippen MR) is 65.9 cm³/mol. The Bertz CT molecular complexity index is 598. The molecule has 2 nitrogen and oxygen atoms in total. The smallest absolute Gasteiger partial charge is 0.136 e. The minimum absolute atomic E-state index is 0.904. The first kappa shape index (κ1) is 9.04. The molecule has 1 heterocycles. The van der Waals surface area contributed by atoms with Crippen molar-refractivity contribution in [3.63, 3.8) is 0 Å². The van der Waals surface area contributed by atoms with Gasteiger partial charge in [-0.05, 0) is 24.3 Å². The van der Waals surface area contributed by atoms with Crippen LogP contribution >= 0.6 is 0 Å². The van der Waals surface area contributed by atoms with Crippen molar-refractivity contribution < 1.29 is 4.42 Å². The van der Waals surface area contributed by atoms with Gasteiger partial charge >= 0.3 is 0 Å². The summed E-state index contributed by atoms with van der Waals surface area (Å²) in [6.07, 6.45) is 1.75. The molecule has 3 aromatic rings. The predicted octanol–water partition coefficient (Wildman–Crippen LogP) is 4.18. The van der Waals surface area contributed by atoms with Crippen LogP contribution in [0.3, 0.4) is 0 Å². The molecule has 0 saturated carbocycles. The zero-order valence-corrected chi connectivity index (χ0v) is 8.68. The third-order valence-electron chi connectivity index (χ3n) is 2.53. The summed E-state index contributed by atoms with van der Waals surface area (Å²) >= 11 is 0. The lowest BCUT2D eigenvalue weighted by molar-refractivity contribution is 0.617. The lowest BCUT2D eigenvalue weighted by Crippen LogP contribution is -1.87. The molecule has 0 atom stereocenters. The summed E-state index contributed by atoms with van der Waals surface area (Å²) in [6.45, 7) is 0. The van der Waals surface area contributed by atoms with Crippen LogP contribution in [-0.4, -0.2) is 0 Å². The molecule has 1 N–H and O–H groups in total. The average molecular weight is 209 g/mol. The average Bonchev–Trinajstić information content (AvgIpc) is 2.74. The fourth-order valence-corrected chi connectivity index (χ4v) is 1.75. The van der Waals surface area contributed by atoms with Gasteiger partial charge in [-0.3, -0.25) is 0 Å².